The Balaban J connectivity index is 2.36. The van der Waals surface area contributed by atoms with Gasteiger partial charge in [-0.3, -0.25) is 0 Å². The molecule has 0 fully saturated rings. The molecule has 3 aromatic rings. The number of rotatable bonds is 9. The quantitative estimate of drug-likeness (QED) is 0.424. The van der Waals surface area contributed by atoms with E-state index < -0.39 is 13.7 Å². The van der Waals surface area contributed by atoms with Crippen LogP contribution in [0.2, 0.25) is 0 Å². The van der Waals surface area contributed by atoms with E-state index in [4.69, 9.17) is 0 Å². The predicted molar refractivity (Wildman–Crippen MR) is 137 cm³/mol. The second-order valence-corrected chi connectivity index (χ2v) is 15.5. The fourth-order valence-electron chi connectivity index (χ4n) is 4.44. The van der Waals surface area contributed by atoms with Gasteiger partial charge in [0, 0.05) is 0 Å². The molecule has 0 aliphatic rings. The van der Waals surface area contributed by atoms with Crippen molar-refractivity contribution in [1.29, 1.82) is 0 Å². The van der Waals surface area contributed by atoms with Crippen LogP contribution < -0.4 is 13.2 Å². The maximum absolute atomic E-state index is 18.3. The van der Waals surface area contributed by atoms with Gasteiger partial charge in [0.25, 0.3) is 0 Å². The Morgan fingerprint density at radius 2 is 0.750 bits per heavy atom. The number of hydrogen-bond donors (Lipinski definition) is 0. The van der Waals surface area contributed by atoms with Gasteiger partial charge in [0.1, 0.15) is 0 Å². The minimum atomic E-state index is -4.50. The van der Waals surface area contributed by atoms with Crippen molar-refractivity contribution < 1.29 is 3.50 Å². The van der Waals surface area contributed by atoms with Crippen LogP contribution in [0.25, 0.3) is 0 Å². The molecule has 170 valence electrons. The van der Waals surface area contributed by atoms with Crippen LogP contribution in [0, 0.1) is 0 Å². The number of nitrogens with zero attached hydrogens (tertiary/aromatic N) is 3. The molecule has 0 saturated heterocycles. The minimum absolute atomic E-state index is 0.721. The van der Waals surface area contributed by atoms with Gasteiger partial charge in [-0.1, -0.05) is 0 Å². The summed E-state index contributed by atoms with van der Waals surface area (Å²) in [4.78, 5) is 6.37. The van der Waals surface area contributed by atoms with Gasteiger partial charge in [-0.05, 0) is 0 Å². The van der Waals surface area contributed by atoms with Gasteiger partial charge < -0.3 is 0 Å². The first-order valence-corrected chi connectivity index (χ1v) is 15.1. The Labute approximate surface area is 196 Å². The number of hydrogen-bond acceptors (Lipinski definition) is 3. The van der Waals surface area contributed by atoms with E-state index in [1.54, 1.807) is 0 Å². The molecule has 0 N–H and O–H groups in total. The monoisotopic (exact) mass is 495 g/mol. The summed E-state index contributed by atoms with van der Waals surface area (Å²) in [6.45, 7) is 2.16. The van der Waals surface area contributed by atoms with Crippen LogP contribution in [-0.4, -0.2) is 70.7 Å². The number of benzene rings is 3. The van der Waals surface area contributed by atoms with E-state index in [-0.39, 0.29) is 0 Å². The average Bonchev–Trinajstić information content (AvgIpc) is 2.73. The van der Waals surface area contributed by atoms with Gasteiger partial charge in [0.2, 0.25) is 0 Å². The van der Waals surface area contributed by atoms with Crippen LogP contribution in [0.15, 0.2) is 72.8 Å². The first-order valence-electron chi connectivity index (χ1n) is 11.1. The average molecular weight is 494 g/mol. The van der Waals surface area contributed by atoms with E-state index in [0.717, 1.165) is 49.5 Å². The van der Waals surface area contributed by atoms with Crippen molar-refractivity contribution in [2.24, 2.45) is 0 Å². The van der Waals surface area contributed by atoms with Gasteiger partial charge >= 0.3 is 197 Å². The van der Waals surface area contributed by atoms with E-state index in [9.17, 15) is 0 Å². The molecule has 32 heavy (non-hydrogen) atoms. The SMILES string of the molecule is CN(C)Cc1cccc[c]1[Ge]([F])([c]1ccccc1CN(C)C)[c]1ccccc1CN(C)C. The van der Waals surface area contributed by atoms with Crippen molar-refractivity contribution in [2.75, 3.05) is 42.3 Å². The van der Waals surface area contributed by atoms with Crippen molar-refractivity contribution in [2.45, 2.75) is 19.6 Å². The topological polar surface area (TPSA) is 9.72 Å². The first-order chi connectivity index (χ1) is 15.2. The molecule has 0 aromatic heterocycles. The molecule has 3 nitrogen and oxygen atoms in total. The second-order valence-electron chi connectivity index (χ2n) is 9.34. The summed E-state index contributed by atoms with van der Waals surface area (Å²) < 4.78 is 21.0. The molecule has 0 aliphatic carbocycles. The van der Waals surface area contributed by atoms with E-state index >= 15 is 3.50 Å². The molecule has 0 atom stereocenters. The molecular weight excluding hydrogens is 458 g/mol. The summed E-state index contributed by atoms with van der Waals surface area (Å²) in [7, 11) is 12.3. The number of halogens is 1. The summed E-state index contributed by atoms with van der Waals surface area (Å²) in [6.07, 6.45) is 0. The van der Waals surface area contributed by atoms with Crippen LogP contribution in [0.4, 0.5) is 3.50 Å². The van der Waals surface area contributed by atoms with Gasteiger partial charge in [-0.25, -0.2) is 0 Å². The van der Waals surface area contributed by atoms with Crippen LogP contribution in [0.5, 0.6) is 0 Å². The van der Waals surface area contributed by atoms with Crippen molar-refractivity contribution in [3.05, 3.63) is 89.5 Å². The molecule has 0 amide bonds. The Kier molecular flexibility index (Phi) is 8.28. The van der Waals surface area contributed by atoms with E-state index in [1.165, 1.54) is 0 Å². The fraction of sp³-hybridized carbons (Fsp3) is 0.333. The van der Waals surface area contributed by atoms with Crippen LogP contribution in [-0.2, 0) is 19.6 Å². The van der Waals surface area contributed by atoms with Crippen molar-refractivity contribution in [1.82, 2.24) is 14.7 Å². The van der Waals surface area contributed by atoms with Gasteiger partial charge in [0.05, 0.1) is 0 Å². The molecule has 0 saturated carbocycles. The van der Waals surface area contributed by atoms with Gasteiger partial charge in [-0.15, -0.1) is 0 Å². The molecule has 3 rings (SSSR count). The third kappa shape index (κ3) is 5.49. The van der Waals surface area contributed by atoms with Crippen molar-refractivity contribution in [3.63, 3.8) is 0 Å². The molecule has 0 spiro atoms. The Hall–Kier alpha value is -1.99. The van der Waals surface area contributed by atoms with Gasteiger partial charge in [-0.2, -0.15) is 0 Å². The molecule has 0 heterocycles. The van der Waals surface area contributed by atoms with E-state index in [0.29, 0.717) is 0 Å². The first kappa shape index (κ1) is 24.7. The third-order valence-electron chi connectivity index (χ3n) is 5.63. The molecule has 0 unspecified atom stereocenters. The Morgan fingerprint density at radius 1 is 0.500 bits per heavy atom. The zero-order valence-electron chi connectivity index (χ0n) is 20.3. The van der Waals surface area contributed by atoms with Crippen LogP contribution >= 0.6 is 0 Å². The third-order valence-corrected chi connectivity index (χ3v) is 13.4. The predicted octanol–water partition coefficient (Wildman–Crippen LogP) is 2.81. The zero-order chi connectivity index (χ0) is 23.3. The fourth-order valence-corrected chi connectivity index (χ4v) is 12.1. The van der Waals surface area contributed by atoms with E-state index in [2.05, 4.69) is 32.9 Å². The summed E-state index contributed by atoms with van der Waals surface area (Å²) in [6, 6.07) is 24.5. The summed E-state index contributed by atoms with van der Waals surface area (Å²) in [5, 5.41) is 0. The standard InChI is InChI=1S/C27H36FGeN3/c1-30(2)19-22-13-7-10-16-25(22)29(28,26-17-11-8-14-23(26)20-31(3)4)27-18-12-9-15-24(27)21-32(5)6/h7-18H,19-21H2,1-6H3. The van der Waals surface area contributed by atoms with Crippen LogP contribution in [0.3, 0.4) is 0 Å². The summed E-state index contributed by atoms with van der Waals surface area (Å²) >= 11 is -4.50. The maximum atomic E-state index is 18.3. The molecule has 0 bridgehead atoms. The van der Waals surface area contributed by atoms with Crippen molar-refractivity contribution >= 4 is 26.9 Å². The Bertz CT molecular complexity index is 903. The molecule has 0 radical (unpaired) electrons. The normalized spacial score (nSPS) is 12.2. The molecule has 3 aromatic carbocycles. The van der Waals surface area contributed by atoms with E-state index in [1.807, 2.05) is 96.9 Å². The van der Waals surface area contributed by atoms with Crippen LogP contribution in [0.1, 0.15) is 16.7 Å². The second kappa shape index (κ2) is 10.8. The Morgan fingerprint density at radius 3 is 1.00 bits per heavy atom. The molecule has 0 aliphatic heterocycles. The molecule has 5 heteroatoms. The molecular formula is C27H36FGeN3. The zero-order valence-corrected chi connectivity index (χ0v) is 22.4. The summed E-state index contributed by atoms with van der Waals surface area (Å²) in [5.41, 5.74) is 3.25. The summed E-state index contributed by atoms with van der Waals surface area (Å²) in [5.74, 6) is 0. The van der Waals surface area contributed by atoms with Gasteiger partial charge in [0.15, 0.2) is 0 Å². The van der Waals surface area contributed by atoms with Crippen molar-refractivity contribution in [3.8, 4) is 0 Å².